The monoisotopic (exact) mass is 422 g/mol. The molecule has 0 amide bonds. The van der Waals surface area contributed by atoms with Crippen molar-refractivity contribution in [3.05, 3.63) is 46.6 Å². The molecule has 174 valence electrons. The van der Waals surface area contributed by atoms with Crippen molar-refractivity contribution in [2.24, 2.45) is 0 Å². The number of hydrogen-bond acceptors (Lipinski definition) is 4. The summed E-state index contributed by atoms with van der Waals surface area (Å²) in [7, 11) is 0. The van der Waals surface area contributed by atoms with Gasteiger partial charge >= 0.3 is 0 Å². The minimum atomic E-state index is -1.13. The second-order valence-electron chi connectivity index (χ2n) is 8.58. The molecule has 0 rings (SSSR count). The number of hydrogen-bond donors (Lipinski definition) is 3. The van der Waals surface area contributed by atoms with E-state index < -0.39 is 18.8 Å². The predicted molar refractivity (Wildman–Crippen MR) is 128 cm³/mol. The van der Waals surface area contributed by atoms with E-state index in [1.54, 1.807) is 0 Å². The van der Waals surface area contributed by atoms with E-state index in [0.29, 0.717) is 6.61 Å². The Kier molecular flexibility index (Phi) is 17.8. The Labute approximate surface area is 185 Å². The van der Waals surface area contributed by atoms with Crippen LogP contribution in [-0.4, -0.2) is 47.3 Å². The second-order valence-corrected chi connectivity index (χ2v) is 8.58. The van der Waals surface area contributed by atoms with E-state index in [1.807, 2.05) is 0 Å². The zero-order valence-corrected chi connectivity index (χ0v) is 20.0. The summed E-state index contributed by atoms with van der Waals surface area (Å²) in [6.07, 6.45) is 15.7. The zero-order valence-electron chi connectivity index (χ0n) is 20.0. The lowest BCUT2D eigenvalue weighted by Crippen LogP contribution is -2.33. The number of aliphatic hydroxyl groups excluding tert-OH is 3. The Bertz CT molecular complexity index is 553. The van der Waals surface area contributed by atoms with Crippen LogP contribution in [0, 0.1) is 0 Å². The maximum atomic E-state index is 9.48. The topological polar surface area (TPSA) is 69.9 Å². The van der Waals surface area contributed by atoms with E-state index in [0.717, 1.165) is 51.4 Å². The summed E-state index contributed by atoms with van der Waals surface area (Å²) in [5, 5.41) is 27.5. The van der Waals surface area contributed by atoms with Gasteiger partial charge in [0.25, 0.3) is 0 Å². The molecule has 0 fully saturated rings. The maximum absolute atomic E-state index is 9.48. The molecular weight excluding hydrogens is 376 g/mol. The summed E-state index contributed by atoms with van der Waals surface area (Å²) in [5.41, 5.74) is 5.74. The molecule has 0 aromatic heterocycles. The van der Waals surface area contributed by atoms with Gasteiger partial charge in [0.15, 0.2) is 0 Å². The van der Waals surface area contributed by atoms with E-state index >= 15 is 0 Å². The summed E-state index contributed by atoms with van der Waals surface area (Å²) in [6, 6.07) is 0. The molecule has 0 aliphatic rings. The predicted octanol–water partition coefficient (Wildman–Crippen LogP) is 5.64. The van der Waals surface area contributed by atoms with Crippen LogP contribution >= 0.6 is 0 Å². The summed E-state index contributed by atoms with van der Waals surface area (Å²) in [4.78, 5) is 0. The van der Waals surface area contributed by atoms with Crippen molar-refractivity contribution in [3.8, 4) is 0 Å². The number of unbranched alkanes of at least 4 members (excludes halogenated alkanes) is 1. The van der Waals surface area contributed by atoms with Crippen molar-refractivity contribution in [2.45, 2.75) is 98.2 Å². The molecule has 0 aromatic rings. The van der Waals surface area contributed by atoms with E-state index in [2.05, 4.69) is 58.9 Å². The minimum absolute atomic E-state index is 0.0542. The van der Waals surface area contributed by atoms with Crippen molar-refractivity contribution in [2.75, 3.05) is 19.8 Å². The van der Waals surface area contributed by atoms with Gasteiger partial charge in [-0.15, -0.1) is 0 Å². The quantitative estimate of drug-likeness (QED) is 0.209. The van der Waals surface area contributed by atoms with Crippen molar-refractivity contribution in [3.63, 3.8) is 0 Å². The van der Waals surface area contributed by atoms with Gasteiger partial charge in [-0.1, -0.05) is 46.6 Å². The molecule has 4 heteroatoms. The Morgan fingerprint density at radius 2 is 1.17 bits per heavy atom. The van der Waals surface area contributed by atoms with Gasteiger partial charge < -0.3 is 20.1 Å². The van der Waals surface area contributed by atoms with Crippen LogP contribution in [0.25, 0.3) is 0 Å². The van der Waals surface area contributed by atoms with Gasteiger partial charge in [-0.05, 0) is 86.0 Å². The van der Waals surface area contributed by atoms with E-state index in [-0.39, 0.29) is 6.61 Å². The Morgan fingerprint density at radius 1 is 0.700 bits per heavy atom. The molecule has 4 nitrogen and oxygen atoms in total. The van der Waals surface area contributed by atoms with Crippen molar-refractivity contribution >= 4 is 0 Å². The van der Waals surface area contributed by atoms with Gasteiger partial charge in [0.05, 0.1) is 13.2 Å². The minimum Gasteiger partial charge on any atom is -0.394 e. The van der Waals surface area contributed by atoms with E-state index in [1.165, 1.54) is 22.3 Å². The maximum Gasteiger partial charge on any atom is 0.105 e. The first-order chi connectivity index (χ1) is 14.3. The normalized spacial score (nSPS) is 15.3. The molecule has 0 bridgehead atoms. The van der Waals surface area contributed by atoms with Crippen LogP contribution in [0.1, 0.15) is 86.0 Å². The SMILES string of the molecule is CC(C)=CCC/C(C)=C/CC/C(C)=C/CC/C(C)=C/CCCOC[C@H](O)[C@H](O)CO. The van der Waals surface area contributed by atoms with Crippen molar-refractivity contribution in [1.82, 2.24) is 0 Å². The molecule has 0 heterocycles. The van der Waals surface area contributed by atoms with Gasteiger partial charge in [-0.3, -0.25) is 0 Å². The lowest BCUT2D eigenvalue weighted by Gasteiger charge is -2.15. The lowest BCUT2D eigenvalue weighted by atomic mass is 10.0. The van der Waals surface area contributed by atoms with Crippen LogP contribution in [0.3, 0.4) is 0 Å². The third-order valence-electron chi connectivity index (χ3n) is 5.06. The third-order valence-corrected chi connectivity index (χ3v) is 5.06. The highest BCUT2D eigenvalue weighted by molar-refractivity contribution is 5.07. The fourth-order valence-electron chi connectivity index (χ4n) is 2.96. The number of allylic oxidation sites excluding steroid dienone is 8. The second kappa shape index (κ2) is 18.6. The lowest BCUT2D eigenvalue weighted by molar-refractivity contribution is -0.0568. The van der Waals surface area contributed by atoms with Crippen LogP contribution in [-0.2, 0) is 4.74 Å². The Hall–Kier alpha value is -1.20. The van der Waals surface area contributed by atoms with E-state index in [4.69, 9.17) is 9.84 Å². The first-order valence-corrected chi connectivity index (χ1v) is 11.4. The highest BCUT2D eigenvalue weighted by Gasteiger charge is 2.14. The first kappa shape index (κ1) is 28.8. The Morgan fingerprint density at radius 3 is 1.63 bits per heavy atom. The van der Waals surface area contributed by atoms with Crippen molar-refractivity contribution < 1.29 is 20.1 Å². The molecule has 3 N–H and O–H groups in total. The summed E-state index contributed by atoms with van der Waals surface area (Å²) >= 11 is 0. The molecular formula is C26H46O4. The standard InChI is InChI=1S/C26H46O4/c1-21(2)11-8-13-23(4)15-10-17-24(5)16-9-14-22(3)12-6-7-18-30-20-26(29)25(28)19-27/h11-12,15-16,25-29H,6-10,13-14,17-20H2,1-5H3/b22-12+,23-15+,24-16+/t25-,26+/m1/s1. The fraction of sp³-hybridized carbons (Fsp3) is 0.692. The van der Waals surface area contributed by atoms with Crippen molar-refractivity contribution in [1.29, 1.82) is 0 Å². The van der Waals surface area contributed by atoms with Crippen LogP contribution in [0.15, 0.2) is 46.6 Å². The average Bonchev–Trinajstić information content (AvgIpc) is 2.69. The molecule has 2 atom stereocenters. The molecule has 0 radical (unpaired) electrons. The molecule has 0 saturated heterocycles. The highest BCUT2D eigenvalue weighted by Crippen LogP contribution is 2.14. The number of aliphatic hydroxyl groups is 3. The van der Waals surface area contributed by atoms with Crippen LogP contribution in [0.4, 0.5) is 0 Å². The van der Waals surface area contributed by atoms with Crippen LogP contribution < -0.4 is 0 Å². The third kappa shape index (κ3) is 17.6. The van der Waals surface area contributed by atoms with Gasteiger partial charge in [-0.2, -0.15) is 0 Å². The fourth-order valence-corrected chi connectivity index (χ4v) is 2.96. The molecule has 0 spiro atoms. The molecule has 0 aromatic carbocycles. The molecule has 0 unspecified atom stereocenters. The van der Waals surface area contributed by atoms with Crippen LogP contribution in [0.2, 0.25) is 0 Å². The Balaban J connectivity index is 3.89. The first-order valence-electron chi connectivity index (χ1n) is 11.4. The van der Waals surface area contributed by atoms with Gasteiger partial charge in [0.2, 0.25) is 0 Å². The highest BCUT2D eigenvalue weighted by atomic mass is 16.5. The molecule has 0 aliphatic carbocycles. The molecule has 0 aliphatic heterocycles. The smallest absolute Gasteiger partial charge is 0.105 e. The molecule has 0 saturated carbocycles. The summed E-state index contributed by atoms with van der Waals surface area (Å²) in [6.45, 7) is 11.1. The van der Waals surface area contributed by atoms with Crippen LogP contribution in [0.5, 0.6) is 0 Å². The van der Waals surface area contributed by atoms with Gasteiger partial charge in [0, 0.05) is 6.61 Å². The molecule has 30 heavy (non-hydrogen) atoms. The van der Waals surface area contributed by atoms with Gasteiger partial charge in [0.1, 0.15) is 12.2 Å². The largest absolute Gasteiger partial charge is 0.394 e. The number of ether oxygens (including phenoxy) is 1. The van der Waals surface area contributed by atoms with Gasteiger partial charge in [-0.25, -0.2) is 0 Å². The summed E-state index contributed by atoms with van der Waals surface area (Å²) in [5.74, 6) is 0. The number of rotatable bonds is 17. The zero-order chi connectivity index (χ0) is 22.8. The summed E-state index contributed by atoms with van der Waals surface area (Å²) < 4.78 is 5.33. The average molecular weight is 423 g/mol. The van der Waals surface area contributed by atoms with E-state index in [9.17, 15) is 10.2 Å².